The van der Waals surface area contributed by atoms with Gasteiger partial charge in [0.05, 0.1) is 10.6 Å². The summed E-state index contributed by atoms with van der Waals surface area (Å²) in [6, 6.07) is 21.3. The second-order valence-corrected chi connectivity index (χ2v) is 6.91. The van der Waals surface area contributed by atoms with Crippen LogP contribution in [0.5, 0.6) is 0 Å². The molecule has 0 spiro atoms. The van der Waals surface area contributed by atoms with Gasteiger partial charge in [0.25, 0.3) is 10.0 Å². The summed E-state index contributed by atoms with van der Waals surface area (Å²) in [5.41, 5.74) is 1.91. The summed E-state index contributed by atoms with van der Waals surface area (Å²) in [5.74, 6) is 0. The monoisotopic (exact) mass is 323 g/mol. The Kier molecular flexibility index (Phi) is 3.09. The zero-order valence-corrected chi connectivity index (χ0v) is 12.9. The van der Waals surface area contributed by atoms with E-state index in [4.69, 9.17) is 4.42 Å². The quantitative estimate of drug-likeness (QED) is 0.608. The number of rotatable bonds is 3. The fourth-order valence-electron chi connectivity index (χ4n) is 2.60. The van der Waals surface area contributed by atoms with E-state index in [2.05, 4.69) is 4.72 Å². The van der Waals surface area contributed by atoms with Gasteiger partial charge in [0.1, 0.15) is 11.2 Å². The molecule has 4 nitrogen and oxygen atoms in total. The predicted molar refractivity (Wildman–Crippen MR) is 91.0 cm³/mol. The maximum atomic E-state index is 12.4. The van der Waals surface area contributed by atoms with Crippen LogP contribution in [0.3, 0.4) is 0 Å². The van der Waals surface area contributed by atoms with E-state index in [0.29, 0.717) is 11.3 Å². The maximum Gasteiger partial charge on any atom is 0.261 e. The molecule has 0 amide bonds. The van der Waals surface area contributed by atoms with E-state index in [1.807, 2.05) is 30.3 Å². The van der Waals surface area contributed by atoms with Gasteiger partial charge in [-0.3, -0.25) is 4.72 Å². The number of nitrogens with one attached hydrogen (secondary N) is 1. The molecule has 23 heavy (non-hydrogen) atoms. The van der Waals surface area contributed by atoms with Crippen molar-refractivity contribution in [2.45, 2.75) is 4.90 Å². The lowest BCUT2D eigenvalue weighted by molar-refractivity contribution is 0.601. The molecule has 0 aliphatic rings. The topological polar surface area (TPSA) is 59.3 Å². The zero-order chi connectivity index (χ0) is 15.9. The molecule has 0 bridgehead atoms. The van der Waals surface area contributed by atoms with E-state index in [9.17, 15) is 8.42 Å². The van der Waals surface area contributed by atoms with Crippen LogP contribution in [0.2, 0.25) is 0 Å². The normalized spacial score (nSPS) is 11.8. The van der Waals surface area contributed by atoms with Crippen LogP contribution in [0.4, 0.5) is 5.69 Å². The van der Waals surface area contributed by atoms with Gasteiger partial charge >= 0.3 is 0 Å². The first kappa shape index (κ1) is 13.8. The molecule has 0 atom stereocenters. The van der Waals surface area contributed by atoms with Crippen molar-refractivity contribution in [2.75, 3.05) is 4.72 Å². The van der Waals surface area contributed by atoms with Crippen LogP contribution in [-0.4, -0.2) is 8.42 Å². The minimum atomic E-state index is -3.60. The third-order valence-corrected chi connectivity index (χ3v) is 5.08. The van der Waals surface area contributed by atoms with E-state index in [1.54, 1.807) is 42.5 Å². The fraction of sp³-hybridized carbons (Fsp3) is 0. The van der Waals surface area contributed by atoms with Gasteiger partial charge < -0.3 is 4.42 Å². The summed E-state index contributed by atoms with van der Waals surface area (Å²) in [6.07, 6.45) is 0. The number of benzene rings is 3. The molecule has 0 radical (unpaired) electrons. The standard InChI is InChI=1S/C18H13NO3S/c20-23(21,14-6-2-1-3-7-14)19-13-10-11-16-15-8-4-5-9-17(15)22-18(16)12-13/h1-12,19H. The Morgan fingerprint density at radius 2 is 1.43 bits per heavy atom. The van der Waals surface area contributed by atoms with Gasteiger partial charge in [-0.15, -0.1) is 0 Å². The number of para-hydroxylation sites is 1. The molecule has 1 N–H and O–H groups in total. The molecular weight excluding hydrogens is 310 g/mol. The van der Waals surface area contributed by atoms with Gasteiger partial charge in [0.15, 0.2) is 0 Å². The lowest BCUT2D eigenvalue weighted by Crippen LogP contribution is -2.12. The SMILES string of the molecule is O=S(=O)(Nc1ccc2c(c1)oc1ccccc12)c1ccccc1. The summed E-state index contributed by atoms with van der Waals surface area (Å²) in [4.78, 5) is 0.227. The Hall–Kier alpha value is -2.79. The first-order valence-electron chi connectivity index (χ1n) is 7.13. The van der Waals surface area contributed by atoms with Crippen molar-refractivity contribution >= 4 is 37.6 Å². The van der Waals surface area contributed by atoms with Crippen LogP contribution in [0.25, 0.3) is 21.9 Å². The maximum absolute atomic E-state index is 12.4. The summed E-state index contributed by atoms with van der Waals surface area (Å²) < 4.78 is 33.1. The summed E-state index contributed by atoms with van der Waals surface area (Å²) in [5, 5.41) is 1.98. The molecule has 0 unspecified atom stereocenters. The van der Waals surface area contributed by atoms with Gasteiger partial charge in [-0.05, 0) is 30.3 Å². The van der Waals surface area contributed by atoms with E-state index >= 15 is 0 Å². The Labute approximate surface area is 133 Å². The van der Waals surface area contributed by atoms with Crippen molar-refractivity contribution in [3.63, 3.8) is 0 Å². The van der Waals surface area contributed by atoms with Crippen LogP contribution < -0.4 is 4.72 Å². The van der Waals surface area contributed by atoms with Crippen molar-refractivity contribution in [1.82, 2.24) is 0 Å². The highest BCUT2D eigenvalue weighted by atomic mass is 32.2. The van der Waals surface area contributed by atoms with Crippen LogP contribution in [0.1, 0.15) is 0 Å². The lowest BCUT2D eigenvalue weighted by atomic mass is 10.1. The molecule has 3 aromatic carbocycles. The Balaban J connectivity index is 1.77. The number of furan rings is 1. The van der Waals surface area contributed by atoms with Crippen molar-refractivity contribution in [2.24, 2.45) is 0 Å². The average molecular weight is 323 g/mol. The van der Waals surface area contributed by atoms with E-state index < -0.39 is 10.0 Å². The number of hydrogen-bond acceptors (Lipinski definition) is 3. The number of anilines is 1. The molecule has 5 heteroatoms. The Morgan fingerprint density at radius 3 is 2.26 bits per heavy atom. The number of sulfonamides is 1. The molecule has 114 valence electrons. The van der Waals surface area contributed by atoms with Crippen molar-refractivity contribution < 1.29 is 12.8 Å². The van der Waals surface area contributed by atoms with Gasteiger partial charge in [-0.1, -0.05) is 36.4 Å². The third-order valence-electron chi connectivity index (χ3n) is 3.68. The van der Waals surface area contributed by atoms with Gasteiger partial charge in [-0.2, -0.15) is 0 Å². The molecule has 0 aliphatic carbocycles. The van der Waals surface area contributed by atoms with Crippen LogP contribution in [0.15, 0.2) is 82.1 Å². The molecule has 4 rings (SSSR count). The number of hydrogen-bond donors (Lipinski definition) is 1. The highest BCUT2D eigenvalue weighted by molar-refractivity contribution is 7.92. The number of fused-ring (bicyclic) bond motifs is 3. The fourth-order valence-corrected chi connectivity index (χ4v) is 3.67. The van der Waals surface area contributed by atoms with Crippen molar-refractivity contribution in [1.29, 1.82) is 0 Å². The predicted octanol–water partition coefficient (Wildman–Crippen LogP) is 4.39. The minimum absolute atomic E-state index is 0.227. The highest BCUT2D eigenvalue weighted by Gasteiger charge is 2.14. The molecular formula is C18H13NO3S. The van der Waals surface area contributed by atoms with Gasteiger partial charge in [0.2, 0.25) is 0 Å². The minimum Gasteiger partial charge on any atom is -0.456 e. The zero-order valence-electron chi connectivity index (χ0n) is 12.1. The van der Waals surface area contributed by atoms with E-state index in [0.717, 1.165) is 16.4 Å². The Morgan fingerprint density at radius 1 is 0.739 bits per heavy atom. The summed E-state index contributed by atoms with van der Waals surface area (Å²) in [6.45, 7) is 0. The Bertz CT molecular complexity index is 1100. The average Bonchev–Trinajstić information content (AvgIpc) is 2.93. The highest BCUT2D eigenvalue weighted by Crippen LogP contribution is 2.30. The van der Waals surface area contributed by atoms with Crippen LogP contribution >= 0.6 is 0 Å². The van der Waals surface area contributed by atoms with Gasteiger partial charge in [-0.25, -0.2) is 8.42 Å². The van der Waals surface area contributed by atoms with Crippen molar-refractivity contribution in [3.8, 4) is 0 Å². The molecule has 0 fully saturated rings. The third kappa shape index (κ3) is 2.45. The van der Waals surface area contributed by atoms with Crippen LogP contribution in [-0.2, 0) is 10.0 Å². The summed E-state index contributed by atoms with van der Waals surface area (Å²) >= 11 is 0. The molecule has 1 aromatic heterocycles. The molecule has 0 saturated heterocycles. The smallest absolute Gasteiger partial charge is 0.261 e. The molecule has 1 heterocycles. The molecule has 0 saturated carbocycles. The summed E-state index contributed by atoms with van der Waals surface area (Å²) in [7, 11) is -3.60. The van der Waals surface area contributed by atoms with E-state index in [1.165, 1.54) is 0 Å². The first-order valence-corrected chi connectivity index (χ1v) is 8.61. The molecule has 0 aliphatic heterocycles. The van der Waals surface area contributed by atoms with E-state index in [-0.39, 0.29) is 4.90 Å². The lowest BCUT2D eigenvalue weighted by Gasteiger charge is -2.07. The molecule has 4 aromatic rings. The van der Waals surface area contributed by atoms with Gasteiger partial charge in [0, 0.05) is 16.8 Å². The largest absolute Gasteiger partial charge is 0.456 e. The second-order valence-electron chi connectivity index (χ2n) is 5.23. The van der Waals surface area contributed by atoms with Crippen LogP contribution in [0, 0.1) is 0 Å². The first-order chi connectivity index (χ1) is 11.1. The second kappa shape index (κ2) is 5.14. The van der Waals surface area contributed by atoms with Crippen molar-refractivity contribution in [3.05, 3.63) is 72.8 Å².